The Kier molecular flexibility index (Phi) is 8.62. The van der Waals surface area contributed by atoms with Crippen molar-refractivity contribution in [1.29, 1.82) is 0 Å². The van der Waals surface area contributed by atoms with E-state index in [2.05, 4.69) is 27.4 Å². The van der Waals surface area contributed by atoms with Crippen LogP contribution in [-0.4, -0.2) is 51.2 Å². The third-order valence-corrected chi connectivity index (χ3v) is 5.57. The lowest BCUT2D eigenvalue weighted by atomic mass is 10.2. The predicted octanol–water partition coefficient (Wildman–Crippen LogP) is 2.67. The first-order chi connectivity index (χ1) is 16.0. The van der Waals surface area contributed by atoms with Crippen LogP contribution in [0, 0.1) is 0 Å². The highest BCUT2D eigenvalue weighted by Gasteiger charge is 2.23. The number of carbonyl (C=O) groups is 2. The summed E-state index contributed by atoms with van der Waals surface area (Å²) in [6.45, 7) is 3.72. The van der Waals surface area contributed by atoms with Crippen molar-refractivity contribution in [2.45, 2.75) is 17.7 Å². The molecule has 0 saturated carbocycles. The maximum Gasteiger partial charge on any atom is 0.251 e. The maximum atomic E-state index is 12.7. The van der Waals surface area contributed by atoms with Crippen LogP contribution in [-0.2, 0) is 11.3 Å². The van der Waals surface area contributed by atoms with Crippen molar-refractivity contribution in [1.82, 2.24) is 20.1 Å². The monoisotopic (exact) mass is 467 g/mol. The van der Waals surface area contributed by atoms with E-state index in [9.17, 15) is 14.7 Å². The Morgan fingerprint density at radius 3 is 2.55 bits per heavy atom. The van der Waals surface area contributed by atoms with E-state index in [1.807, 2.05) is 18.2 Å². The van der Waals surface area contributed by atoms with Crippen molar-refractivity contribution in [3.63, 3.8) is 0 Å². The van der Waals surface area contributed by atoms with Crippen LogP contribution in [0.3, 0.4) is 0 Å². The molecule has 2 aromatic carbocycles. The third-order valence-electron chi connectivity index (χ3n) is 4.60. The Hall–Kier alpha value is -3.63. The van der Waals surface area contributed by atoms with Gasteiger partial charge in [-0.3, -0.25) is 9.59 Å². The number of hydrogen-bond acceptors (Lipinski definition) is 7. The molecule has 0 aliphatic rings. The summed E-state index contributed by atoms with van der Waals surface area (Å²) in [6.07, 6.45) is 1.65. The smallest absolute Gasteiger partial charge is 0.251 e. The van der Waals surface area contributed by atoms with Gasteiger partial charge in [0.2, 0.25) is 5.91 Å². The summed E-state index contributed by atoms with van der Waals surface area (Å²) in [5.74, 6) is 0.555. The van der Waals surface area contributed by atoms with E-state index in [0.29, 0.717) is 34.5 Å². The van der Waals surface area contributed by atoms with Crippen LogP contribution in [0.4, 0.5) is 5.69 Å². The molecule has 0 spiro atoms. The first-order valence-electron chi connectivity index (χ1n) is 10.1. The molecule has 3 rings (SSSR count). The van der Waals surface area contributed by atoms with Gasteiger partial charge in [0.15, 0.2) is 11.0 Å². The van der Waals surface area contributed by atoms with Gasteiger partial charge in [0, 0.05) is 17.8 Å². The van der Waals surface area contributed by atoms with Gasteiger partial charge in [-0.2, -0.15) is 0 Å². The fourth-order valence-electron chi connectivity index (χ4n) is 2.99. The SMILES string of the molecule is C=CCn1c(SCC(=O)Nc2ccccc2)nnc1[C@@H](CO)NC(=O)c1ccc(OC)cc1. The van der Waals surface area contributed by atoms with Crippen molar-refractivity contribution < 1.29 is 19.4 Å². The Morgan fingerprint density at radius 1 is 1.18 bits per heavy atom. The number of benzene rings is 2. The van der Waals surface area contributed by atoms with Gasteiger partial charge in [-0.1, -0.05) is 36.0 Å². The number of methoxy groups -OCH3 is 1. The van der Waals surface area contributed by atoms with Crippen LogP contribution in [0.25, 0.3) is 0 Å². The van der Waals surface area contributed by atoms with E-state index in [1.165, 1.54) is 11.8 Å². The van der Waals surface area contributed by atoms with Crippen LogP contribution in [0.15, 0.2) is 72.4 Å². The number of nitrogens with one attached hydrogen (secondary N) is 2. The lowest BCUT2D eigenvalue weighted by molar-refractivity contribution is -0.113. The van der Waals surface area contributed by atoms with E-state index in [0.717, 1.165) is 0 Å². The van der Waals surface area contributed by atoms with Gasteiger partial charge >= 0.3 is 0 Å². The predicted molar refractivity (Wildman–Crippen MR) is 126 cm³/mol. The van der Waals surface area contributed by atoms with E-state index in [-0.39, 0.29) is 24.2 Å². The second-order valence-corrected chi connectivity index (χ2v) is 7.82. The Bertz CT molecular complexity index is 1090. The molecule has 2 amide bonds. The average molecular weight is 468 g/mol. The summed E-state index contributed by atoms with van der Waals surface area (Å²) in [5, 5.41) is 24.3. The van der Waals surface area contributed by atoms with Crippen LogP contribution >= 0.6 is 11.8 Å². The van der Waals surface area contributed by atoms with Crippen molar-refractivity contribution in [2.75, 3.05) is 24.8 Å². The zero-order valence-electron chi connectivity index (χ0n) is 18.1. The fraction of sp³-hybridized carbons (Fsp3) is 0.217. The molecule has 1 heterocycles. The molecule has 0 unspecified atom stereocenters. The Balaban J connectivity index is 1.69. The number of carbonyl (C=O) groups excluding carboxylic acids is 2. The second kappa shape index (κ2) is 11.8. The topological polar surface area (TPSA) is 118 Å². The maximum absolute atomic E-state index is 12.7. The van der Waals surface area contributed by atoms with Gasteiger partial charge in [0.25, 0.3) is 5.91 Å². The fourth-order valence-corrected chi connectivity index (χ4v) is 3.74. The molecule has 0 aliphatic heterocycles. The number of allylic oxidation sites excluding steroid dienone is 1. The largest absolute Gasteiger partial charge is 0.497 e. The van der Waals surface area contributed by atoms with E-state index >= 15 is 0 Å². The molecule has 172 valence electrons. The highest BCUT2D eigenvalue weighted by atomic mass is 32.2. The molecule has 9 nitrogen and oxygen atoms in total. The average Bonchev–Trinajstić information content (AvgIpc) is 3.24. The Labute approximate surface area is 195 Å². The molecule has 33 heavy (non-hydrogen) atoms. The molecule has 1 aromatic heterocycles. The summed E-state index contributed by atoms with van der Waals surface area (Å²) >= 11 is 1.20. The number of ether oxygens (including phenoxy) is 1. The third kappa shape index (κ3) is 6.43. The number of rotatable bonds is 11. The number of amides is 2. The van der Waals surface area contributed by atoms with Gasteiger partial charge in [-0.25, -0.2) is 0 Å². The highest BCUT2D eigenvalue weighted by Crippen LogP contribution is 2.22. The van der Waals surface area contributed by atoms with E-state index in [4.69, 9.17) is 4.74 Å². The number of hydrogen-bond donors (Lipinski definition) is 3. The van der Waals surface area contributed by atoms with E-state index < -0.39 is 6.04 Å². The summed E-state index contributed by atoms with van der Waals surface area (Å²) in [6, 6.07) is 15.0. The van der Waals surface area contributed by atoms with Crippen molar-refractivity contribution in [3.05, 3.63) is 78.6 Å². The number of aromatic nitrogens is 3. The summed E-state index contributed by atoms with van der Waals surface area (Å²) in [5.41, 5.74) is 1.12. The normalized spacial score (nSPS) is 11.5. The Morgan fingerprint density at radius 2 is 1.91 bits per heavy atom. The van der Waals surface area contributed by atoms with Gasteiger partial charge in [0.1, 0.15) is 11.8 Å². The molecule has 0 aliphatic carbocycles. The molecule has 0 radical (unpaired) electrons. The summed E-state index contributed by atoms with van der Waals surface area (Å²) in [7, 11) is 1.55. The number of aliphatic hydroxyl groups excluding tert-OH is 1. The number of para-hydroxylation sites is 1. The number of aliphatic hydroxyl groups is 1. The van der Waals surface area contributed by atoms with Crippen LogP contribution < -0.4 is 15.4 Å². The molecular weight excluding hydrogens is 442 g/mol. The number of anilines is 1. The molecule has 0 bridgehead atoms. The van der Waals surface area contributed by atoms with Crippen LogP contribution in [0.2, 0.25) is 0 Å². The summed E-state index contributed by atoms with van der Waals surface area (Å²) in [4.78, 5) is 24.9. The first kappa shape index (κ1) is 24.0. The highest BCUT2D eigenvalue weighted by molar-refractivity contribution is 7.99. The van der Waals surface area contributed by atoms with Crippen LogP contribution in [0.1, 0.15) is 22.2 Å². The van der Waals surface area contributed by atoms with Gasteiger partial charge in [-0.05, 0) is 36.4 Å². The molecular formula is C23H25N5O4S. The minimum atomic E-state index is -0.792. The van der Waals surface area contributed by atoms with Gasteiger partial charge in [-0.15, -0.1) is 16.8 Å². The molecule has 0 fully saturated rings. The molecule has 3 aromatic rings. The quantitative estimate of drug-likeness (QED) is 0.293. The van der Waals surface area contributed by atoms with Gasteiger partial charge < -0.3 is 25.0 Å². The lowest BCUT2D eigenvalue weighted by Gasteiger charge is -2.17. The zero-order valence-corrected chi connectivity index (χ0v) is 18.9. The molecule has 10 heteroatoms. The van der Waals surface area contributed by atoms with Crippen molar-refractivity contribution >= 4 is 29.3 Å². The number of thioether (sulfide) groups is 1. The lowest BCUT2D eigenvalue weighted by Crippen LogP contribution is -2.33. The van der Waals surface area contributed by atoms with Crippen molar-refractivity contribution in [3.8, 4) is 5.75 Å². The zero-order chi connectivity index (χ0) is 23.6. The van der Waals surface area contributed by atoms with Crippen LogP contribution in [0.5, 0.6) is 5.75 Å². The molecule has 1 atom stereocenters. The molecule has 0 saturated heterocycles. The minimum absolute atomic E-state index is 0.117. The van der Waals surface area contributed by atoms with Crippen molar-refractivity contribution in [2.24, 2.45) is 0 Å². The number of nitrogens with zero attached hydrogens (tertiary/aromatic N) is 3. The van der Waals surface area contributed by atoms with E-state index in [1.54, 1.807) is 54.2 Å². The standard InChI is InChI=1S/C23H25N5O4S/c1-3-13-28-21(19(14-29)25-22(31)16-9-11-18(32-2)12-10-16)26-27-23(28)33-15-20(30)24-17-7-5-4-6-8-17/h3-12,19,29H,1,13-15H2,2H3,(H,24,30)(H,25,31)/t19-/m1/s1. The molecule has 3 N–H and O–H groups in total. The minimum Gasteiger partial charge on any atom is -0.497 e. The first-order valence-corrected chi connectivity index (χ1v) is 11.1. The second-order valence-electron chi connectivity index (χ2n) is 6.88. The summed E-state index contributed by atoms with van der Waals surface area (Å²) < 4.78 is 6.82. The van der Waals surface area contributed by atoms with Gasteiger partial charge in [0.05, 0.1) is 19.5 Å².